The van der Waals surface area contributed by atoms with Crippen LogP contribution in [0.1, 0.15) is 68.6 Å². The number of fused-ring (bicyclic) bond motifs is 3. The molecule has 2 nitrogen and oxygen atoms in total. The number of pyridine rings is 1. The van der Waals surface area contributed by atoms with Gasteiger partial charge in [-0.15, -0.1) is 0 Å². The second kappa shape index (κ2) is 8.43. The van der Waals surface area contributed by atoms with Gasteiger partial charge in [-0.3, -0.25) is 0 Å². The van der Waals surface area contributed by atoms with Crippen LogP contribution in [0.3, 0.4) is 0 Å². The number of hydrogen-bond donors (Lipinski definition) is 0. The molecule has 32 heavy (non-hydrogen) atoms. The van der Waals surface area contributed by atoms with Crippen molar-refractivity contribution in [2.75, 3.05) is 0 Å². The minimum atomic E-state index is -0.0715. The summed E-state index contributed by atoms with van der Waals surface area (Å²) in [5.41, 5.74) is 11.2. The van der Waals surface area contributed by atoms with Crippen LogP contribution in [0.4, 0.5) is 0 Å². The maximum atomic E-state index is 4.61. The average molecular weight is 424 g/mol. The summed E-state index contributed by atoms with van der Waals surface area (Å²) in [4.78, 5) is 0. The Balaban J connectivity index is 2.03. The fourth-order valence-corrected chi connectivity index (χ4v) is 5.44. The van der Waals surface area contributed by atoms with Gasteiger partial charge in [0, 0.05) is 47.6 Å². The van der Waals surface area contributed by atoms with E-state index in [1.54, 1.807) is 0 Å². The molecule has 1 aliphatic rings. The molecule has 0 N–H and O–H groups in total. The van der Waals surface area contributed by atoms with E-state index in [0.29, 0.717) is 0 Å². The van der Waals surface area contributed by atoms with Gasteiger partial charge >= 0.3 is 0 Å². The van der Waals surface area contributed by atoms with Crippen molar-refractivity contribution in [1.82, 2.24) is 4.57 Å². The molecule has 3 aromatic rings. The molecule has 2 aromatic heterocycles. The molecule has 0 radical (unpaired) electrons. The molecule has 1 aromatic carbocycles. The molecule has 164 valence electrons. The van der Waals surface area contributed by atoms with Crippen molar-refractivity contribution in [3.05, 3.63) is 89.4 Å². The van der Waals surface area contributed by atoms with Crippen molar-refractivity contribution in [2.24, 2.45) is 0 Å². The van der Waals surface area contributed by atoms with E-state index in [2.05, 4.69) is 124 Å². The van der Waals surface area contributed by atoms with Gasteiger partial charge < -0.3 is 4.57 Å². The van der Waals surface area contributed by atoms with Crippen LogP contribution in [-0.4, -0.2) is 4.57 Å². The van der Waals surface area contributed by atoms with Gasteiger partial charge in [-0.05, 0) is 74.7 Å². The minimum Gasteiger partial charge on any atom is -0.310 e. The summed E-state index contributed by atoms with van der Waals surface area (Å²) in [5, 5.41) is 0. The zero-order valence-electron chi connectivity index (χ0n) is 20.4. The lowest BCUT2D eigenvalue weighted by atomic mass is 9.75. The Morgan fingerprint density at radius 1 is 0.906 bits per heavy atom. The van der Waals surface area contributed by atoms with Gasteiger partial charge in [0.15, 0.2) is 11.7 Å². The Labute approximate surface area is 193 Å². The van der Waals surface area contributed by atoms with E-state index < -0.39 is 0 Å². The van der Waals surface area contributed by atoms with E-state index in [1.165, 1.54) is 50.6 Å². The Hall–Kier alpha value is -3.13. The predicted molar refractivity (Wildman–Crippen MR) is 138 cm³/mol. The molecule has 0 spiro atoms. The van der Waals surface area contributed by atoms with Crippen LogP contribution < -0.4 is 4.57 Å². The van der Waals surface area contributed by atoms with Gasteiger partial charge in [-0.1, -0.05) is 38.6 Å². The van der Waals surface area contributed by atoms with Gasteiger partial charge in [-0.2, -0.15) is 4.57 Å². The summed E-state index contributed by atoms with van der Waals surface area (Å²) in [6.07, 6.45) is 13.0. The molecule has 0 unspecified atom stereocenters. The highest BCUT2D eigenvalue weighted by molar-refractivity contribution is 5.84. The highest BCUT2D eigenvalue weighted by Gasteiger charge is 2.46. The summed E-state index contributed by atoms with van der Waals surface area (Å²) < 4.78 is 4.84. The van der Waals surface area contributed by atoms with E-state index in [0.717, 1.165) is 12.8 Å². The molecule has 4 rings (SSSR count). The summed E-state index contributed by atoms with van der Waals surface area (Å²) >= 11 is 0. The van der Waals surface area contributed by atoms with Crippen molar-refractivity contribution >= 4 is 17.7 Å². The maximum Gasteiger partial charge on any atom is 0.213 e. The molecule has 2 heteroatoms. The van der Waals surface area contributed by atoms with E-state index in [1.807, 2.05) is 0 Å². The van der Waals surface area contributed by atoms with Gasteiger partial charge in [0.25, 0.3) is 0 Å². The summed E-state index contributed by atoms with van der Waals surface area (Å²) in [6.45, 7) is 17.8. The van der Waals surface area contributed by atoms with E-state index in [4.69, 9.17) is 0 Å². The number of benzene rings is 1. The highest BCUT2D eigenvalue weighted by atomic mass is 15.1. The lowest BCUT2D eigenvalue weighted by Gasteiger charge is -2.35. The minimum absolute atomic E-state index is 0.0715. The van der Waals surface area contributed by atoms with Crippen LogP contribution in [-0.2, 0) is 5.54 Å². The third-order valence-corrected chi connectivity index (χ3v) is 7.38. The SMILES string of the molecule is C=C1c2ccc(-n3c(C=CC)c(C)c(C)c3C=CC)cc2-c2cccc[n+]2C1(CC)CC. The Kier molecular flexibility index (Phi) is 5.81. The van der Waals surface area contributed by atoms with Crippen LogP contribution in [0, 0.1) is 13.8 Å². The first kappa shape index (κ1) is 22.1. The highest BCUT2D eigenvalue weighted by Crippen LogP contribution is 2.44. The lowest BCUT2D eigenvalue weighted by molar-refractivity contribution is -0.741. The molecular formula is C30H35N2+. The third kappa shape index (κ3) is 3.04. The fraction of sp³-hybridized carbons (Fsp3) is 0.300. The Morgan fingerprint density at radius 2 is 1.53 bits per heavy atom. The number of nitrogens with zero attached hydrogens (tertiary/aromatic N) is 2. The Morgan fingerprint density at radius 3 is 2.09 bits per heavy atom. The normalized spacial score (nSPS) is 14.9. The smallest absolute Gasteiger partial charge is 0.213 e. The molecular weight excluding hydrogens is 388 g/mol. The van der Waals surface area contributed by atoms with Gasteiger partial charge in [-0.25, -0.2) is 0 Å². The lowest BCUT2D eigenvalue weighted by Crippen LogP contribution is -2.59. The second-order valence-corrected chi connectivity index (χ2v) is 8.76. The monoisotopic (exact) mass is 423 g/mol. The molecule has 0 fully saturated rings. The average Bonchev–Trinajstić information content (AvgIpc) is 3.05. The van der Waals surface area contributed by atoms with E-state index >= 15 is 0 Å². The third-order valence-electron chi connectivity index (χ3n) is 7.38. The summed E-state index contributed by atoms with van der Waals surface area (Å²) in [5.74, 6) is 0. The molecule has 0 saturated heterocycles. The van der Waals surface area contributed by atoms with E-state index in [9.17, 15) is 0 Å². The van der Waals surface area contributed by atoms with E-state index in [-0.39, 0.29) is 5.54 Å². The van der Waals surface area contributed by atoms with Gasteiger partial charge in [0.1, 0.15) is 0 Å². The second-order valence-electron chi connectivity index (χ2n) is 8.76. The molecule has 3 heterocycles. The van der Waals surface area contributed by atoms with Crippen molar-refractivity contribution in [3.8, 4) is 16.9 Å². The molecule has 0 aliphatic carbocycles. The summed E-state index contributed by atoms with van der Waals surface area (Å²) in [7, 11) is 0. The topological polar surface area (TPSA) is 8.81 Å². The van der Waals surface area contributed by atoms with Crippen LogP contribution in [0.2, 0.25) is 0 Å². The van der Waals surface area contributed by atoms with Crippen molar-refractivity contribution in [1.29, 1.82) is 0 Å². The maximum absolute atomic E-state index is 4.61. The molecule has 0 atom stereocenters. The zero-order valence-corrected chi connectivity index (χ0v) is 20.4. The predicted octanol–water partition coefficient (Wildman–Crippen LogP) is 7.66. The summed E-state index contributed by atoms with van der Waals surface area (Å²) in [6, 6.07) is 13.4. The van der Waals surface area contributed by atoms with Crippen LogP contribution in [0.5, 0.6) is 0 Å². The zero-order chi connectivity index (χ0) is 23.0. The van der Waals surface area contributed by atoms with Gasteiger partial charge in [0.05, 0.1) is 5.56 Å². The molecule has 0 saturated carbocycles. The van der Waals surface area contributed by atoms with Crippen molar-refractivity contribution < 1.29 is 4.57 Å². The fourth-order valence-electron chi connectivity index (χ4n) is 5.44. The molecule has 1 aliphatic heterocycles. The number of hydrogen-bond acceptors (Lipinski definition) is 0. The quantitative estimate of drug-likeness (QED) is 0.373. The first-order valence-corrected chi connectivity index (χ1v) is 11.8. The Bertz CT molecular complexity index is 1210. The van der Waals surface area contributed by atoms with Crippen LogP contribution in [0.15, 0.2) is 61.3 Å². The van der Waals surface area contributed by atoms with Gasteiger partial charge in [0.2, 0.25) is 5.69 Å². The van der Waals surface area contributed by atoms with Crippen molar-refractivity contribution in [3.63, 3.8) is 0 Å². The van der Waals surface area contributed by atoms with Crippen LogP contribution in [0.25, 0.3) is 34.7 Å². The number of allylic oxidation sites excluding steroid dienone is 3. The standard InChI is InChI=1S/C30H35N2/c1-8-14-27-21(5)22(6)28(15-9-2)32(27)24-17-18-25-23(7)30(10-3,11-4)31-19-13-12-16-29(31)26(25)20-24/h8-9,12-20H,7,10-11H2,1-6H3/q+1. The number of aromatic nitrogens is 2. The first-order chi connectivity index (χ1) is 15.4. The number of rotatable bonds is 5. The van der Waals surface area contributed by atoms with Crippen molar-refractivity contribution in [2.45, 2.75) is 59.9 Å². The van der Waals surface area contributed by atoms with Crippen LogP contribution >= 0.6 is 0 Å². The first-order valence-electron chi connectivity index (χ1n) is 11.8. The largest absolute Gasteiger partial charge is 0.310 e. The molecule has 0 bridgehead atoms. The molecule has 0 amide bonds.